The van der Waals surface area contributed by atoms with Crippen LogP contribution in [0, 0.1) is 5.92 Å². The number of hydrogen-bond acceptors (Lipinski definition) is 3. The third-order valence-corrected chi connectivity index (χ3v) is 3.98. The first-order chi connectivity index (χ1) is 10.0. The summed E-state index contributed by atoms with van der Waals surface area (Å²) in [6, 6.07) is 10.3. The molecule has 2 rings (SSSR count). The Bertz CT molecular complexity index is 514. The molecule has 21 heavy (non-hydrogen) atoms. The van der Waals surface area contributed by atoms with Gasteiger partial charge >= 0.3 is 0 Å². The fourth-order valence-electron chi connectivity index (χ4n) is 2.66. The predicted octanol–water partition coefficient (Wildman–Crippen LogP) is 2.16. The molecule has 0 heterocycles. The van der Waals surface area contributed by atoms with E-state index in [4.69, 9.17) is 10.9 Å². The van der Waals surface area contributed by atoms with Crippen LogP contribution in [0.4, 0.5) is 0 Å². The highest BCUT2D eigenvalue weighted by Gasteiger charge is 2.45. The lowest BCUT2D eigenvalue weighted by Crippen LogP contribution is -2.40. The Morgan fingerprint density at radius 2 is 2.10 bits per heavy atom. The van der Waals surface area contributed by atoms with Crippen LogP contribution in [-0.4, -0.2) is 34.4 Å². The van der Waals surface area contributed by atoms with Crippen LogP contribution in [0.15, 0.2) is 35.5 Å². The van der Waals surface area contributed by atoms with Crippen molar-refractivity contribution in [2.24, 2.45) is 16.8 Å². The average Bonchev–Trinajstić information content (AvgIpc) is 3.28. The van der Waals surface area contributed by atoms with Gasteiger partial charge in [-0.3, -0.25) is 4.79 Å². The molecular weight excluding hydrogens is 266 g/mol. The summed E-state index contributed by atoms with van der Waals surface area (Å²) in [5.74, 6) is 0.736. The largest absolute Gasteiger partial charge is 0.409 e. The second kappa shape index (κ2) is 6.61. The molecule has 1 saturated carbocycles. The van der Waals surface area contributed by atoms with E-state index < -0.39 is 0 Å². The number of hydrogen-bond donors (Lipinski definition) is 2. The van der Waals surface area contributed by atoms with Crippen molar-refractivity contribution < 1.29 is 10.0 Å². The van der Waals surface area contributed by atoms with Gasteiger partial charge in [0.2, 0.25) is 5.91 Å². The Morgan fingerprint density at radius 3 is 2.67 bits per heavy atom. The molecule has 0 bridgehead atoms. The summed E-state index contributed by atoms with van der Waals surface area (Å²) in [6.45, 7) is 4.47. The normalized spacial score (nSPS) is 21.4. The molecule has 1 amide bonds. The van der Waals surface area contributed by atoms with Crippen LogP contribution in [0.2, 0.25) is 0 Å². The number of amidine groups is 1. The zero-order valence-corrected chi connectivity index (χ0v) is 12.6. The van der Waals surface area contributed by atoms with Crippen molar-refractivity contribution in [2.75, 3.05) is 6.54 Å². The molecular formula is C16H23N3O2. The first-order valence-electron chi connectivity index (χ1n) is 7.36. The highest BCUT2D eigenvalue weighted by Crippen LogP contribution is 2.48. The fourth-order valence-corrected chi connectivity index (χ4v) is 2.66. The van der Waals surface area contributed by atoms with Gasteiger partial charge in [0.25, 0.3) is 0 Å². The number of rotatable bonds is 6. The maximum absolute atomic E-state index is 12.6. The van der Waals surface area contributed by atoms with Crippen LogP contribution < -0.4 is 5.73 Å². The van der Waals surface area contributed by atoms with Gasteiger partial charge in [-0.15, -0.1) is 0 Å². The number of amides is 1. The fraction of sp³-hybridized carbons (Fsp3) is 0.500. The summed E-state index contributed by atoms with van der Waals surface area (Å²) in [4.78, 5) is 14.4. The van der Waals surface area contributed by atoms with Crippen molar-refractivity contribution in [3.63, 3.8) is 0 Å². The highest BCUT2D eigenvalue weighted by atomic mass is 16.4. The van der Waals surface area contributed by atoms with Crippen LogP contribution in [-0.2, 0) is 4.79 Å². The Kier molecular flexibility index (Phi) is 4.83. The smallest absolute Gasteiger partial charge is 0.226 e. The molecule has 0 radical (unpaired) electrons. The topological polar surface area (TPSA) is 78.9 Å². The molecule has 1 aromatic carbocycles. The average molecular weight is 289 g/mol. The SMILES string of the molecule is CC(C)N(CC/C(N)=N/O)C(=O)C1CC1c1ccccc1. The Balaban J connectivity index is 1.97. The first kappa shape index (κ1) is 15.4. The van der Waals surface area contributed by atoms with Crippen LogP contribution >= 0.6 is 0 Å². The molecule has 2 atom stereocenters. The van der Waals surface area contributed by atoms with E-state index in [1.165, 1.54) is 5.56 Å². The quantitative estimate of drug-likeness (QED) is 0.364. The molecule has 0 aliphatic heterocycles. The van der Waals surface area contributed by atoms with Crippen LogP contribution in [0.3, 0.4) is 0 Å². The monoisotopic (exact) mass is 289 g/mol. The van der Waals surface area contributed by atoms with Gasteiger partial charge in [-0.05, 0) is 31.7 Å². The van der Waals surface area contributed by atoms with E-state index in [1.807, 2.05) is 36.9 Å². The van der Waals surface area contributed by atoms with Gasteiger partial charge in [0.15, 0.2) is 0 Å². The molecule has 1 fully saturated rings. The van der Waals surface area contributed by atoms with Gasteiger partial charge in [-0.25, -0.2) is 0 Å². The Morgan fingerprint density at radius 1 is 1.43 bits per heavy atom. The number of carbonyl (C=O) groups is 1. The van der Waals surface area contributed by atoms with E-state index in [9.17, 15) is 4.79 Å². The molecule has 114 valence electrons. The summed E-state index contributed by atoms with van der Waals surface area (Å²) < 4.78 is 0. The standard InChI is InChI=1S/C16H23N3O2/c1-11(2)19(9-8-15(17)18-21)16(20)14-10-13(14)12-6-4-3-5-7-12/h3-7,11,13-14,21H,8-10H2,1-2H3,(H2,17,18). The zero-order chi connectivity index (χ0) is 15.4. The van der Waals surface area contributed by atoms with E-state index in [1.54, 1.807) is 0 Å². The van der Waals surface area contributed by atoms with Gasteiger partial charge in [-0.1, -0.05) is 35.5 Å². The van der Waals surface area contributed by atoms with Crippen LogP contribution in [0.5, 0.6) is 0 Å². The molecule has 5 nitrogen and oxygen atoms in total. The van der Waals surface area contributed by atoms with E-state index >= 15 is 0 Å². The molecule has 0 spiro atoms. The molecule has 3 N–H and O–H groups in total. The van der Waals surface area contributed by atoms with Gasteiger partial charge in [-0.2, -0.15) is 0 Å². The minimum Gasteiger partial charge on any atom is -0.409 e. The third-order valence-electron chi connectivity index (χ3n) is 3.98. The van der Waals surface area contributed by atoms with Crippen molar-refractivity contribution >= 4 is 11.7 Å². The van der Waals surface area contributed by atoms with E-state index in [2.05, 4.69) is 17.3 Å². The van der Waals surface area contributed by atoms with Crippen molar-refractivity contribution in [2.45, 2.75) is 38.6 Å². The van der Waals surface area contributed by atoms with E-state index in [-0.39, 0.29) is 23.7 Å². The van der Waals surface area contributed by atoms with Crippen molar-refractivity contribution in [1.82, 2.24) is 4.90 Å². The maximum Gasteiger partial charge on any atom is 0.226 e. The molecule has 0 aromatic heterocycles. The molecule has 0 saturated heterocycles. The van der Waals surface area contributed by atoms with Gasteiger partial charge < -0.3 is 15.8 Å². The van der Waals surface area contributed by atoms with E-state index in [0.717, 1.165) is 6.42 Å². The maximum atomic E-state index is 12.6. The molecule has 1 aliphatic carbocycles. The zero-order valence-electron chi connectivity index (χ0n) is 12.6. The van der Waals surface area contributed by atoms with Crippen LogP contribution in [0.1, 0.15) is 38.2 Å². The molecule has 5 heteroatoms. The summed E-state index contributed by atoms with van der Waals surface area (Å²) in [6.07, 6.45) is 1.30. The number of carbonyl (C=O) groups excluding carboxylic acids is 1. The second-order valence-corrected chi connectivity index (χ2v) is 5.83. The molecule has 2 unspecified atom stereocenters. The third kappa shape index (κ3) is 3.74. The van der Waals surface area contributed by atoms with Crippen molar-refractivity contribution in [3.05, 3.63) is 35.9 Å². The predicted molar refractivity (Wildman–Crippen MR) is 82.2 cm³/mol. The minimum atomic E-state index is 0.0714. The van der Waals surface area contributed by atoms with Gasteiger partial charge in [0.05, 0.1) is 0 Å². The lowest BCUT2D eigenvalue weighted by molar-refractivity contribution is -0.134. The van der Waals surface area contributed by atoms with Crippen molar-refractivity contribution in [3.8, 4) is 0 Å². The first-order valence-corrected chi connectivity index (χ1v) is 7.36. The number of nitrogens with two attached hydrogens (primary N) is 1. The minimum absolute atomic E-state index is 0.0714. The Hall–Kier alpha value is -2.04. The lowest BCUT2D eigenvalue weighted by atomic mass is 10.1. The summed E-state index contributed by atoms with van der Waals surface area (Å²) in [5, 5.41) is 11.6. The number of oxime groups is 1. The molecule has 1 aromatic rings. The number of benzene rings is 1. The highest BCUT2D eigenvalue weighted by molar-refractivity contribution is 5.84. The summed E-state index contributed by atoms with van der Waals surface area (Å²) >= 11 is 0. The van der Waals surface area contributed by atoms with E-state index in [0.29, 0.717) is 18.9 Å². The van der Waals surface area contributed by atoms with Gasteiger partial charge in [0.1, 0.15) is 5.84 Å². The molecule has 1 aliphatic rings. The van der Waals surface area contributed by atoms with Crippen LogP contribution in [0.25, 0.3) is 0 Å². The summed E-state index contributed by atoms with van der Waals surface area (Å²) in [5.41, 5.74) is 6.73. The Labute approximate surface area is 125 Å². The van der Waals surface area contributed by atoms with Crippen molar-refractivity contribution in [1.29, 1.82) is 0 Å². The second-order valence-electron chi connectivity index (χ2n) is 5.83. The number of nitrogens with zero attached hydrogens (tertiary/aromatic N) is 2. The summed E-state index contributed by atoms with van der Waals surface area (Å²) in [7, 11) is 0. The lowest BCUT2D eigenvalue weighted by Gasteiger charge is -2.27. The van der Waals surface area contributed by atoms with Gasteiger partial charge in [0, 0.05) is 24.9 Å².